The molecule has 0 aliphatic rings. The third-order valence-corrected chi connectivity index (χ3v) is 1.83. The molecular formula is C10H14FN. The van der Waals surface area contributed by atoms with E-state index in [0.717, 1.165) is 16.8 Å². The van der Waals surface area contributed by atoms with E-state index in [1.165, 1.54) is 0 Å². The molecule has 0 aromatic carbocycles. The first-order chi connectivity index (χ1) is 5.65. The monoisotopic (exact) mass is 167 g/mol. The smallest absolute Gasteiger partial charge is 0.116 e. The molecule has 0 atom stereocenters. The van der Waals surface area contributed by atoms with Crippen molar-refractivity contribution in [3.63, 3.8) is 0 Å². The summed E-state index contributed by atoms with van der Waals surface area (Å²) in [6.45, 7) is 5.56. The summed E-state index contributed by atoms with van der Waals surface area (Å²) in [6, 6.07) is 1.86. The van der Waals surface area contributed by atoms with Crippen LogP contribution < -0.4 is 0 Å². The Hall–Kier alpha value is -0.920. The molecule has 1 nitrogen and oxygen atoms in total. The van der Waals surface area contributed by atoms with E-state index >= 15 is 0 Å². The Labute approximate surface area is 72.6 Å². The van der Waals surface area contributed by atoms with Crippen molar-refractivity contribution >= 4 is 0 Å². The van der Waals surface area contributed by atoms with E-state index in [2.05, 4.69) is 4.98 Å². The van der Waals surface area contributed by atoms with Crippen molar-refractivity contribution in [1.82, 2.24) is 4.98 Å². The van der Waals surface area contributed by atoms with Gasteiger partial charge in [0.1, 0.15) is 6.67 Å². The molecule has 0 saturated carbocycles. The fourth-order valence-corrected chi connectivity index (χ4v) is 1.27. The van der Waals surface area contributed by atoms with Gasteiger partial charge in [-0.05, 0) is 18.4 Å². The lowest BCUT2D eigenvalue weighted by Crippen LogP contribution is -1.98. The fraction of sp³-hybridized carbons (Fsp3) is 0.500. The largest absolute Gasteiger partial charge is 0.260 e. The summed E-state index contributed by atoms with van der Waals surface area (Å²) in [6.07, 6.45) is 1.79. The number of aryl methyl sites for hydroxylation is 1. The maximum Gasteiger partial charge on any atom is 0.116 e. The molecule has 66 valence electrons. The molecule has 12 heavy (non-hydrogen) atoms. The van der Waals surface area contributed by atoms with Gasteiger partial charge in [0.25, 0.3) is 0 Å². The van der Waals surface area contributed by atoms with Crippen LogP contribution in [0.4, 0.5) is 4.39 Å². The number of aromatic nitrogens is 1. The summed E-state index contributed by atoms with van der Waals surface area (Å²) in [5, 5.41) is 0. The number of rotatable bonds is 2. The molecule has 1 heterocycles. The molecular weight excluding hydrogens is 153 g/mol. The Balaban J connectivity index is 3.11. The maximum absolute atomic E-state index is 12.5. The van der Waals surface area contributed by atoms with Crippen LogP contribution in [-0.2, 0) is 6.67 Å². The molecule has 0 aliphatic carbocycles. The van der Waals surface area contributed by atoms with Gasteiger partial charge in [0.2, 0.25) is 0 Å². The van der Waals surface area contributed by atoms with E-state index in [-0.39, 0.29) is 0 Å². The van der Waals surface area contributed by atoms with Crippen LogP contribution in [0.15, 0.2) is 12.3 Å². The second kappa shape index (κ2) is 3.65. The summed E-state index contributed by atoms with van der Waals surface area (Å²) < 4.78 is 12.5. The zero-order valence-electron chi connectivity index (χ0n) is 7.76. The quantitative estimate of drug-likeness (QED) is 0.659. The van der Waals surface area contributed by atoms with Crippen molar-refractivity contribution < 1.29 is 4.39 Å². The molecule has 1 rings (SSSR count). The van der Waals surface area contributed by atoms with Crippen molar-refractivity contribution in [2.75, 3.05) is 0 Å². The predicted molar refractivity (Wildman–Crippen MR) is 47.9 cm³/mol. The van der Waals surface area contributed by atoms with Crippen LogP contribution in [0.1, 0.15) is 36.6 Å². The fourth-order valence-electron chi connectivity index (χ4n) is 1.27. The Morgan fingerprint density at radius 3 is 2.67 bits per heavy atom. The standard InChI is InChI=1S/C10H14FN/c1-7(2)10-9(5-11)4-8(3)6-12-10/h4,6-7H,5H2,1-3H3. The van der Waals surface area contributed by atoms with Gasteiger partial charge in [-0.2, -0.15) is 0 Å². The van der Waals surface area contributed by atoms with Crippen LogP contribution in [0.3, 0.4) is 0 Å². The topological polar surface area (TPSA) is 12.9 Å². The average Bonchev–Trinajstić information content (AvgIpc) is 2.03. The molecule has 0 N–H and O–H groups in total. The van der Waals surface area contributed by atoms with Crippen molar-refractivity contribution in [1.29, 1.82) is 0 Å². The van der Waals surface area contributed by atoms with Gasteiger partial charge in [-0.25, -0.2) is 4.39 Å². The third-order valence-electron chi connectivity index (χ3n) is 1.83. The lowest BCUT2D eigenvalue weighted by molar-refractivity contribution is 0.478. The van der Waals surface area contributed by atoms with E-state index in [1.54, 1.807) is 6.20 Å². The third kappa shape index (κ3) is 1.81. The molecule has 0 fully saturated rings. The minimum Gasteiger partial charge on any atom is -0.260 e. The van der Waals surface area contributed by atoms with Gasteiger partial charge >= 0.3 is 0 Å². The Morgan fingerprint density at radius 1 is 1.50 bits per heavy atom. The van der Waals surface area contributed by atoms with E-state index in [9.17, 15) is 4.39 Å². The molecule has 0 radical (unpaired) electrons. The van der Waals surface area contributed by atoms with E-state index in [4.69, 9.17) is 0 Å². The summed E-state index contributed by atoms with van der Waals surface area (Å²) in [7, 11) is 0. The first-order valence-electron chi connectivity index (χ1n) is 4.16. The Morgan fingerprint density at radius 2 is 2.17 bits per heavy atom. The number of hydrogen-bond acceptors (Lipinski definition) is 1. The predicted octanol–water partition coefficient (Wildman–Crippen LogP) is 2.98. The van der Waals surface area contributed by atoms with Crippen LogP contribution in [0.5, 0.6) is 0 Å². The molecule has 1 aromatic rings. The summed E-state index contributed by atoms with van der Waals surface area (Å²) >= 11 is 0. The number of nitrogens with zero attached hydrogens (tertiary/aromatic N) is 1. The minimum atomic E-state index is -0.414. The van der Waals surface area contributed by atoms with Crippen LogP contribution >= 0.6 is 0 Å². The maximum atomic E-state index is 12.5. The van der Waals surface area contributed by atoms with Crippen LogP contribution in [-0.4, -0.2) is 4.98 Å². The van der Waals surface area contributed by atoms with Crippen LogP contribution in [0.25, 0.3) is 0 Å². The molecule has 0 bridgehead atoms. The molecule has 1 aromatic heterocycles. The first kappa shape index (κ1) is 9.17. The van der Waals surface area contributed by atoms with Crippen molar-refractivity contribution in [3.8, 4) is 0 Å². The van der Waals surface area contributed by atoms with Gasteiger partial charge in [0.05, 0.1) is 0 Å². The van der Waals surface area contributed by atoms with Gasteiger partial charge in [-0.1, -0.05) is 19.9 Å². The zero-order chi connectivity index (χ0) is 9.14. The highest BCUT2D eigenvalue weighted by atomic mass is 19.1. The lowest BCUT2D eigenvalue weighted by Gasteiger charge is -2.09. The van der Waals surface area contributed by atoms with E-state index < -0.39 is 6.67 Å². The van der Waals surface area contributed by atoms with Crippen molar-refractivity contribution in [2.45, 2.75) is 33.4 Å². The van der Waals surface area contributed by atoms with Gasteiger partial charge in [0, 0.05) is 17.5 Å². The summed E-state index contributed by atoms with van der Waals surface area (Å²) in [4.78, 5) is 4.21. The highest BCUT2D eigenvalue weighted by molar-refractivity contribution is 5.26. The zero-order valence-corrected chi connectivity index (χ0v) is 7.76. The summed E-state index contributed by atoms with van der Waals surface area (Å²) in [5.74, 6) is 0.302. The summed E-state index contributed by atoms with van der Waals surface area (Å²) in [5.41, 5.74) is 2.63. The van der Waals surface area contributed by atoms with E-state index in [0.29, 0.717) is 5.92 Å². The minimum absolute atomic E-state index is 0.302. The van der Waals surface area contributed by atoms with Gasteiger partial charge < -0.3 is 0 Å². The second-order valence-corrected chi connectivity index (χ2v) is 3.35. The first-order valence-corrected chi connectivity index (χ1v) is 4.16. The van der Waals surface area contributed by atoms with Gasteiger partial charge in [-0.3, -0.25) is 4.98 Å². The highest BCUT2D eigenvalue weighted by Crippen LogP contribution is 2.18. The average molecular weight is 167 g/mol. The van der Waals surface area contributed by atoms with Crippen LogP contribution in [0, 0.1) is 6.92 Å². The van der Waals surface area contributed by atoms with Gasteiger partial charge in [-0.15, -0.1) is 0 Å². The SMILES string of the molecule is Cc1cnc(C(C)C)c(CF)c1. The molecule has 0 amide bonds. The van der Waals surface area contributed by atoms with E-state index in [1.807, 2.05) is 26.8 Å². The Bertz CT molecular complexity index is 269. The molecule has 2 heteroatoms. The molecule has 0 spiro atoms. The van der Waals surface area contributed by atoms with Crippen molar-refractivity contribution in [2.24, 2.45) is 0 Å². The normalized spacial score (nSPS) is 10.8. The highest BCUT2D eigenvalue weighted by Gasteiger charge is 2.07. The number of pyridine rings is 1. The lowest BCUT2D eigenvalue weighted by atomic mass is 10.0. The second-order valence-electron chi connectivity index (χ2n) is 3.35. The molecule has 0 unspecified atom stereocenters. The number of halogens is 1. The number of hydrogen-bond donors (Lipinski definition) is 0. The number of alkyl halides is 1. The van der Waals surface area contributed by atoms with Crippen molar-refractivity contribution in [3.05, 3.63) is 29.1 Å². The van der Waals surface area contributed by atoms with Crippen LogP contribution in [0.2, 0.25) is 0 Å². The Kier molecular flexibility index (Phi) is 2.79. The molecule has 0 saturated heterocycles. The van der Waals surface area contributed by atoms with Gasteiger partial charge in [0.15, 0.2) is 0 Å². The molecule has 0 aliphatic heterocycles.